The van der Waals surface area contributed by atoms with E-state index in [1.165, 1.54) is 6.26 Å². The number of hydrogen-bond acceptors (Lipinski definition) is 2. The van der Waals surface area contributed by atoms with Gasteiger partial charge in [-0.15, -0.1) is 0 Å². The molecule has 1 aromatic heterocycles. The summed E-state index contributed by atoms with van der Waals surface area (Å²) in [6.45, 7) is -0.571. The Morgan fingerprint density at radius 2 is 2.50 bits per heavy atom. The van der Waals surface area contributed by atoms with Crippen molar-refractivity contribution in [3.63, 3.8) is 0 Å². The molecule has 4 nitrogen and oxygen atoms in total. The van der Waals surface area contributed by atoms with Gasteiger partial charge in [-0.3, -0.25) is 5.32 Å². The molecule has 1 rings (SSSR count). The number of rotatable bonds is 3. The van der Waals surface area contributed by atoms with E-state index in [1.807, 2.05) is 0 Å². The maximum atomic E-state index is 11.6. The number of carbonyl (C=O) groups is 1. The van der Waals surface area contributed by atoms with Gasteiger partial charge in [0.2, 0.25) is 5.88 Å². The third kappa shape index (κ3) is 2.61. The zero-order valence-electron chi connectivity index (χ0n) is 6.34. The molecule has 5 heteroatoms. The SMILES string of the molecule is O=C(NCCF)Nc1ccco1. The smallest absolute Gasteiger partial charge is 0.321 e. The summed E-state index contributed by atoms with van der Waals surface area (Å²) in [6, 6.07) is 2.77. The molecule has 0 atom stereocenters. The van der Waals surface area contributed by atoms with E-state index < -0.39 is 12.7 Å². The maximum Gasteiger partial charge on any atom is 0.321 e. The number of alkyl halides is 1. The summed E-state index contributed by atoms with van der Waals surface area (Å²) in [5.74, 6) is 0.339. The lowest BCUT2D eigenvalue weighted by Gasteiger charge is -2.01. The lowest BCUT2D eigenvalue weighted by Crippen LogP contribution is -2.30. The predicted octanol–water partition coefficient (Wildman–Crippen LogP) is 1.37. The number of amides is 2. The van der Waals surface area contributed by atoms with Crippen LogP contribution in [0.1, 0.15) is 0 Å². The average molecular weight is 172 g/mol. The molecule has 12 heavy (non-hydrogen) atoms. The Labute approximate surface area is 68.7 Å². The molecule has 0 spiro atoms. The quantitative estimate of drug-likeness (QED) is 0.723. The Hall–Kier alpha value is -1.52. The summed E-state index contributed by atoms with van der Waals surface area (Å²) in [6.07, 6.45) is 1.44. The van der Waals surface area contributed by atoms with Crippen LogP contribution in [0.4, 0.5) is 15.1 Å². The van der Waals surface area contributed by atoms with Gasteiger partial charge < -0.3 is 9.73 Å². The monoisotopic (exact) mass is 172 g/mol. The van der Waals surface area contributed by atoms with E-state index in [4.69, 9.17) is 4.42 Å². The van der Waals surface area contributed by atoms with Crippen LogP contribution in [0.15, 0.2) is 22.8 Å². The molecule has 0 radical (unpaired) electrons. The van der Waals surface area contributed by atoms with E-state index in [-0.39, 0.29) is 6.54 Å². The maximum absolute atomic E-state index is 11.6. The first-order valence-corrected chi connectivity index (χ1v) is 3.47. The van der Waals surface area contributed by atoms with Crippen molar-refractivity contribution in [2.75, 3.05) is 18.5 Å². The van der Waals surface area contributed by atoms with Crippen LogP contribution in [0, 0.1) is 0 Å². The third-order valence-corrected chi connectivity index (χ3v) is 1.14. The summed E-state index contributed by atoms with van der Waals surface area (Å²) >= 11 is 0. The van der Waals surface area contributed by atoms with E-state index >= 15 is 0 Å². The topological polar surface area (TPSA) is 54.3 Å². The number of carbonyl (C=O) groups excluding carboxylic acids is 1. The van der Waals surface area contributed by atoms with Crippen LogP contribution in [-0.2, 0) is 0 Å². The van der Waals surface area contributed by atoms with Gasteiger partial charge in [0.25, 0.3) is 0 Å². The Balaban J connectivity index is 2.27. The molecule has 0 aromatic carbocycles. The number of halogens is 1. The fraction of sp³-hybridized carbons (Fsp3) is 0.286. The van der Waals surface area contributed by atoms with Crippen molar-refractivity contribution in [3.8, 4) is 0 Å². The molecule has 0 bridgehead atoms. The Kier molecular flexibility index (Phi) is 3.13. The van der Waals surface area contributed by atoms with Gasteiger partial charge in [0, 0.05) is 12.6 Å². The highest BCUT2D eigenvalue weighted by Gasteiger charge is 2.00. The van der Waals surface area contributed by atoms with Gasteiger partial charge >= 0.3 is 6.03 Å². The van der Waals surface area contributed by atoms with Crippen LogP contribution >= 0.6 is 0 Å². The van der Waals surface area contributed by atoms with E-state index in [2.05, 4.69) is 10.6 Å². The van der Waals surface area contributed by atoms with Crippen LogP contribution < -0.4 is 10.6 Å². The van der Waals surface area contributed by atoms with Crippen LogP contribution in [-0.4, -0.2) is 19.3 Å². The normalized spacial score (nSPS) is 9.42. The molecular weight excluding hydrogens is 163 g/mol. The minimum atomic E-state index is -0.578. The molecule has 2 amide bonds. The largest absolute Gasteiger partial charge is 0.449 e. The van der Waals surface area contributed by atoms with Gasteiger partial charge in [0.1, 0.15) is 6.67 Å². The van der Waals surface area contributed by atoms with Gasteiger partial charge in [-0.25, -0.2) is 9.18 Å². The molecule has 0 aliphatic rings. The summed E-state index contributed by atoms with van der Waals surface area (Å²) in [5, 5.41) is 4.66. The fourth-order valence-electron chi connectivity index (χ4n) is 0.667. The number of hydrogen-bond donors (Lipinski definition) is 2. The first-order chi connectivity index (χ1) is 5.83. The van der Waals surface area contributed by atoms with E-state index in [0.717, 1.165) is 0 Å². The fourth-order valence-corrected chi connectivity index (χ4v) is 0.667. The van der Waals surface area contributed by atoms with Gasteiger partial charge in [-0.2, -0.15) is 0 Å². The number of anilines is 1. The Bertz CT molecular complexity index is 236. The predicted molar refractivity (Wildman–Crippen MR) is 41.7 cm³/mol. The zero-order chi connectivity index (χ0) is 8.81. The molecule has 66 valence electrons. The average Bonchev–Trinajstić information content (AvgIpc) is 2.53. The molecular formula is C7H9FN2O2. The molecule has 0 fully saturated rings. The zero-order valence-corrected chi connectivity index (χ0v) is 6.34. The second-order valence-electron chi connectivity index (χ2n) is 2.05. The minimum absolute atomic E-state index is 0.00649. The van der Waals surface area contributed by atoms with Crippen molar-refractivity contribution < 1.29 is 13.6 Å². The molecule has 2 N–H and O–H groups in total. The molecule has 1 heterocycles. The number of furan rings is 1. The van der Waals surface area contributed by atoms with E-state index in [0.29, 0.717) is 5.88 Å². The molecule has 0 unspecified atom stereocenters. The standard InChI is InChI=1S/C7H9FN2O2/c8-3-4-9-7(11)10-6-2-1-5-12-6/h1-2,5H,3-4H2,(H2,9,10,11). The van der Waals surface area contributed by atoms with Gasteiger partial charge in [-0.1, -0.05) is 0 Å². The van der Waals surface area contributed by atoms with E-state index in [9.17, 15) is 9.18 Å². The number of urea groups is 1. The molecule has 0 aliphatic heterocycles. The first-order valence-electron chi connectivity index (χ1n) is 3.47. The van der Waals surface area contributed by atoms with Crippen molar-refractivity contribution >= 4 is 11.9 Å². The van der Waals surface area contributed by atoms with Crippen LogP contribution in [0.3, 0.4) is 0 Å². The Morgan fingerprint density at radius 1 is 1.67 bits per heavy atom. The van der Waals surface area contributed by atoms with Crippen molar-refractivity contribution in [1.29, 1.82) is 0 Å². The molecule has 0 saturated heterocycles. The second kappa shape index (κ2) is 4.38. The highest BCUT2D eigenvalue weighted by molar-refractivity contribution is 5.87. The second-order valence-corrected chi connectivity index (χ2v) is 2.05. The van der Waals surface area contributed by atoms with Crippen LogP contribution in [0.25, 0.3) is 0 Å². The minimum Gasteiger partial charge on any atom is -0.449 e. The number of nitrogens with one attached hydrogen (secondary N) is 2. The summed E-state index contributed by atoms with van der Waals surface area (Å²) in [7, 11) is 0. The van der Waals surface area contributed by atoms with Crippen molar-refractivity contribution in [3.05, 3.63) is 18.4 Å². The molecule has 1 aromatic rings. The van der Waals surface area contributed by atoms with Crippen molar-refractivity contribution in [2.24, 2.45) is 0 Å². The highest BCUT2D eigenvalue weighted by atomic mass is 19.1. The third-order valence-electron chi connectivity index (χ3n) is 1.14. The summed E-state index contributed by atoms with van der Waals surface area (Å²) in [5.41, 5.74) is 0. The van der Waals surface area contributed by atoms with Gasteiger partial charge in [0.05, 0.1) is 6.26 Å². The highest BCUT2D eigenvalue weighted by Crippen LogP contribution is 2.05. The lowest BCUT2D eigenvalue weighted by atomic mass is 10.6. The van der Waals surface area contributed by atoms with Crippen molar-refractivity contribution in [2.45, 2.75) is 0 Å². The van der Waals surface area contributed by atoms with Crippen LogP contribution in [0.5, 0.6) is 0 Å². The summed E-state index contributed by atoms with van der Waals surface area (Å²) in [4.78, 5) is 10.8. The van der Waals surface area contributed by atoms with E-state index in [1.54, 1.807) is 12.1 Å². The molecule has 0 aliphatic carbocycles. The Morgan fingerprint density at radius 3 is 3.08 bits per heavy atom. The van der Waals surface area contributed by atoms with Crippen LogP contribution in [0.2, 0.25) is 0 Å². The van der Waals surface area contributed by atoms with Gasteiger partial charge in [-0.05, 0) is 6.07 Å². The van der Waals surface area contributed by atoms with Gasteiger partial charge in [0.15, 0.2) is 0 Å². The lowest BCUT2D eigenvalue weighted by molar-refractivity contribution is 0.250. The molecule has 0 saturated carbocycles. The first kappa shape index (κ1) is 8.58. The summed E-state index contributed by atoms with van der Waals surface area (Å²) < 4.78 is 16.4. The van der Waals surface area contributed by atoms with Crippen molar-refractivity contribution in [1.82, 2.24) is 5.32 Å².